The minimum Gasteiger partial charge on any atom is -0.388 e. The van der Waals surface area contributed by atoms with E-state index in [1.165, 1.54) is 42.5 Å². The van der Waals surface area contributed by atoms with Gasteiger partial charge < -0.3 is 24.3 Å². The van der Waals surface area contributed by atoms with Crippen LogP contribution in [-0.4, -0.2) is 56.7 Å². The van der Waals surface area contributed by atoms with Crippen LogP contribution in [-0.2, 0) is 23.2 Å². The van der Waals surface area contributed by atoms with Crippen molar-refractivity contribution in [2.75, 3.05) is 0 Å². The number of aliphatic hydroxyl groups is 2. The largest absolute Gasteiger partial charge is 0.388 e. The van der Waals surface area contributed by atoms with Crippen LogP contribution in [0.15, 0.2) is 72.1 Å². The highest BCUT2D eigenvalue weighted by atomic mass is 32.2. The van der Waals surface area contributed by atoms with Crippen molar-refractivity contribution in [3.05, 3.63) is 78.9 Å². The fraction of sp³-hybridized carbons (Fsp3) is 0.389. The number of aromatic amines is 1. The van der Waals surface area contributed by atoms with Crippen LogP contribution >= 0.6 is 0 Å². The topological polar surface area (TPSA) is 157 Å². The molecule has 7 aromatic rings. The predicted octanol–water partition coefficient (Wildman–Crippen LogP) is 6.53. The quantitative estimate of drug-likeness (QED) is 0.179. The van der Waals surface area contributed by atoms with E-state index in [0.717, 1.165) is 64.5 Å². The van der Waals surface area contributed by atoms with Gasteiger partial charge in [-0.1, -0.05) is 56.7 Å². The third-order valence-electron chi connectivity index (χ3n) is 10.2. The lowest BCUT2D eigenvalue weighted by Crippen LogP contribution is -2.16. The summed E-state index contributed by atoms with van der Waals surface area (Å²) in [6.45, 7) is -0.174. The molecule has 2 aliphatic carbocycles. The lowest BCUT2D eigenvalue weighted by atomic mass is 9.95. The van der Waals surface area contributed by atoms with Gasteiger partial charge in [-0.25, -0.2) is 32.3 Å². The summed E-state index contributed by atoms with van der Waals surface area (Å²) < 4.78 is 31.9. The molecule has 0 atom stereocenters. The van der Waals surface area contributed by atoms with E-state index in [-0.39, 0.29) is 24.2 Å². The van der Waals surface area contributed by atoms with E-state index in [9.17, 15) is 18.6 Å². The molecule has 0 saturated heterocycles. The summed E-state index contributed by atoms with van der Waals surface area (Å²) in [6, 6.07) is 12.9. The third kappa shape index (κ3) is 5.49. The summed E-state index contributed by atoms with van der Waals surface area (Å²) in [4.78, 5) is 21.3. The molecule has 49 heavy (non-hydrogen) atoms. The normalized spacial score (nSPS) is 16.5. The molecule has 2 fully saturated rings. The molecule has 0 radical (unpaired) electrons. The molecule has 254 valence electrons. The number of aliphatic hydroxyl groups excluding tert-OH is 2. The maximum atomic E-state index is 13.2. The molecule has 0 unspecified atom stereocenters. The molecule has 0 aliphatic heterocycles. The first-order valence-electron chi connectivity index (χ1n) is 17.2. The average molecular weight is 681 g/mol. The Morgan fingerprint density at radius 1 is 0.714 bits per heavy atom. The third-order valence-corrected chi connectivity index (χ3v) is 11.9. The highest BCUT2D eigenvalue weighted by Crippen LogP contribution is 2.37. The van der Waals surface area contributed by atoms with Gasteiger partial charge in [0.05, 0.1) is 28.3 Å². The van der Waals surface area contributed by atoms with E-state index < -0.39 is 10.0 Å². The molecule has 12 nitrogen and oxygen atoms in total. The second-order valence-electron chi connectivity index (χ2n) is 13.1. The highest BCUT2D eigenvalue weighted by Gasteiger charge is 2.26. The average Bonchev–Trinajstić information content (AvgIpc) is 3.95. The maximum Gasteiger partial charge on any atom is 0.269 e. The molecular formula is C36H40N8O4S. The van der Waals surface area contributed by atoms with Crippen LogP contribution in [0.3, 0.4) is 0 Å². The number of benzene rings is 1. The molecule has 2 aliphatic rings. The maximum absolute atomic E-state index is 13.2. The number of rotatable bonds is 6. The van der Waals surface area contributed by atoms with Crippen molar-refractivity contribution in [1.29, 1.82) is 0 Å². The number of hydrogen-bond acceptors (Lipinski definition) is 8. The zero-order valence-electron chi connectivity index (χ0n) is 27.2. The molecule has 0 amide bonds. The molecule has 13 heteroatoms. The molecule has 9 rings (SSSR count). The molecule has 6 heterocycles. The van der Waals surface area contributed by atoms with E-state index in [0.29, 0.717) is 23.0 Å². The first kappa shape index (κ1) is 31.7. The first-order chi connectivity index (χ1) is 24.0. The van der Waals surface area contributed by atoms with Crippen molar-refractivity contribution < 1.29 is 18.6 Å². The number of fused-ring (bicyclic) bond motifs is 6. The Morgan fingerprint density at radius 2 is 1.29 bits per heavy atom. The van der Waals surface area contributed by atoms with Crippen LogP contribution in [0.25, 0.3) is 44.1 Å². The Morgan fingerprint density at radius 3 is 1.88 bits per heavy atom. The Balaban J connectivity index is 0.000000152. The summed E-state index contributed by atoms with van der Waals surface area (Å²) in [5, 5.41) is 21.4. The van der Waals surface area contributed by atoms with Crippen molar-refractivity contribution in [1.82, 2.24) is 38.0 Å². The number of imidazole rings is 2. The monoisotopic (exact) mass is 680 g/mol. The molecule has 0 spiro atoms. The van der Waals surface area contributed by atoms with Crippen molar-refractivity contribution in [3.8, 4) is 0 Å². The standard InChI is InChI=1S/C21H22N4O3S.C15H18N4O/c26-14-19-23-18-13-22-21-17(20(18)25(19)15-7-3-1-4-8-15)11-12-24(21)29(27,28)16-9-5-2-6-10-16;20-9-13-18-12-8-17-15-11(6-7-16-15)14(12)19(13)10-4-2-1-3-5-10/h2,5-6,9-13,15,26H,1,3-4,7-8,14H2;6-8,10,20H,1-5,9H2,(H,16,17). The summed E-state index contributed by atoms with van der Waals surface area (Å²) in [5.74, 6) is 1.38. The number of H-pyrrole nitrogens is 1. The van der Waals surface area contributed by atoms with Crippen LogP contribution < -0.4 is 0 Å². The lowest BCUT2D eigenvalue weighted by molar-refractivity contribution is 0.253. The van der Waals surface area contributed by atoms with Gasteiger partial charge in [0.1, 0.15) is 41.5 Å². The molecule has 1 aromatic carbocycles. The van der Waals surface area contributed by atoms with Gasteiger partial charge in [0.25, 0.3) is 10.0 Å². The number of nitrogens with zero attached hydrogens (tertiary/aromatic N) is 7. The molecular weight excluding hydrogens is 641 g/mol. The van der Waals surface area contributed by atoms with Gasteiger partial charge in [-0.2, -0.15) is 0 Å². The SMILES string of the molecule is O=S(=O)(c1ccccc1)n1ccc2c1ncc1nc(CO)n(C3CCCCC3)c12.OCc1nc2cnc3[nH]ccc3c2n1C1CCCCC1. The van der Waals surface area contributed by atoms with E-state index in [1.54, 1.807) is 55.0 Å². The van der Waals surface area contributed by atoms with Gasteiger partial charge in [0.2, 0.25) is 0 Å². The Kier molecular flexibility index (Phi) is 8.42. The smallest absolute Gasteiger partial charge is 0.269 e. The van der Waals surface area contributed by atoms with Crippen LogP contribution in [0, 0.1) is 0 Å². The number of pyridine rings is 2. The first-order valence-corrected chi connectivity index (χ1v) is 18.7. The van der Waals surface area contributed by atoms with Crippen LogP contribution in [0.1, 0.15) is 87.9 Å². The number of hydrogen-bond donors (Lipinski definition) is 3. The fourth-order valence-corrected chi connectivity index (χ4v) is 9.25. The van der Waals surface area contributed by atoms with Gasteiger partial charge in [-0.15, -0.1) is 0 Å². The fourth-order valence-electron chi connectivity index (χ4n) is 7.92. The number of aromatic nitrogens is 8. The second kappa shape index (κ2) is 13.0. The Hall–Kier alpha value is -4.59. The van der Waals surface area contributed by atoms with Crippen LogP contribution in [0.5, 0.6) is 0 Å². The Labute approximate surface area is 283 Å². The summed E-state index contributed by atoms with van der Waals surface area (Å²) >= 11 is 0. The second-order valence-corrected chi connectivity index (χ2v) is 14.9. The minimum atomic E-state index is -3.75. The molecule has 6 aromatic heterocycles. The summed E-state index contributed by atoms with van der Waals surface area (Å²) in [5.41, 5.74) is 4.80. The van der Waals surface area contributed by atoms with Gasteiger partial charge in [0.15, 0.2) is 5.65 Å². The number of nitrogens with one attached hydrogen (secondary N) is 1. The van der Waals surface area contributed by atoms with Crippen molar-refractivity contribution in [3.63, 3.8) is 0 Å². The van der Waals surface area contributed by atoms with E-state index >= 15 is 0 Å². The predicted molar refractivity (Wildman–Crippen MR) is 188 cm³/mol. The van der Waals surface area contributed by atoms with Crippen LogP contribution in [0.2, 0.25) is 0 Å². The van der Waals surface area contributed by atoms with Crippen molar-refractivity contribution in [2.45, 2.75) is 94.4 Å². The molecule has 3 N–H and O–H groups in total. The zero-order valence-corrected chi connectivity index (χ0v) is 28.1. The van der Waals surface area contributed by atoms with Crippen LogP contribution in [0.4, 0.5) is 0 Å². The Bertz CT molecular complexity index is 2360. The van der Waals surface area contributed by atoms with Gasteiger partial charge in [-0.05, 0) is 49.9 Å². The zero-order chi connectivity index (χ0) is 33.5. The van der Waals surface area contributed by atoms with Crippen molar-refractivity contribution >= 4 is 54.2 Å². The summed E-state index contributed by atoms with van der Waals surface area (Å²) in [7, 11) is -3.75. The minimum absolute atomic E-state index is 0.0168. The molecule has 0 bridgehead atoms. The van der Waals surface area contributed by atoms with Gasteiger partial charge >= 0.3 is 0 Å². The van der Waals surface area contributed by atoms with E-state index in [2.05, 4.69) is 34.1 Å². The van der Waals surface area contributed by atoms with E-state index in [1.807, 2.05) is 12.3 Å². The van der Waals surface area contributed by atoms with Gasteiger partial charge in [-0.3, -0.25) is 0 Å². The summed E-state index contributed by atoms with van der Waals surface area (Å²) in [6.07, 6.45) is 18.6. The lowest BCUT2D eigenvalue weighted by Gasteiger charge is -2.25. The van der Waals surface area contributed by atoms with E-state index in [4.69, 9.17) is 0 Å². The molecule has 2 saturated carbocycles. The van der Waals surface area contributed by atoms with Gasteiger partial charge in [0, 0.05) is 35.2 Å². The highest BCUT2D eigenvalue weighted by molar-refractivity contribution is 7.90. The van der Waals surface area contributed by atoms with Crippen molar-refractivity contribution in [2.24, 2.45) is 0 Å².